The molecule has 0 heterocycles. The molecule has 1 nitrogen and oxygen atoms in total. The zero-order valence-corrected chi connectivity index (χ0v) is 9.21. The molecule has 0 aliphatic rings. The van der Waals surface area contributed by atoms with Crippen LogP contribution in [0.15, 0.2) is 27.7 Å². The Bertz CT molecular complexity index is 334. The Morgan fingerprint density at radius 2 is 2.33 bits per heavy atom. The Kier molecular flexibility index (Phi) is 3.89. The van der Waals surface area contributed by atoms with Crippen molar-refractivity contribution in [2.75, 3.05) is 0 Å². The van der Waals surface area contributed by atoms with E-state index in [0.717, 1.165) is 10.0 Å². The van der Waals surface area contributed by atoms with Crippen molar-refractivity contribution in [1.29, 1.82) is 0 Å². The minimum Gasteiger partial charge on any atom is -0.228 e. The van der Waals surface area contributed by atoms with Crippen molar-refractivity contribution in [2.24, 2.45) is 4.99 Å². The Labute approximate surface area is 89.6 Å². The predicted molar refractivity (Wildman–Crippen MR) is 57.9 cm³/mol. The van der Waals surface area contributed by atoms with Crippen molar-refractivity contribution in [1.82, 2.24) is 0 Å². The second-order valence-electron chi connectivity index (χ2n) is 2.16. The molecule has 0 N–H and O–H groups in total. The Balaban J connectivity index is 2.89. The van der Waals surface area contributed by atoms with E-state index in [2.05, 4.69) is 38.3 Å². The molecule has 0 amide bonds. The van der Waals surface area contributed by atoms with Crippen LogP contribution in [0.4, 0.5) is 0 Å². The van der Waals surface area contributed by atoms with Crippen LogP contribution in [0.25, 0.3) is 0 Å². The van der Waals surface area contributed by atoms with Gasteiger partial charge in [-0.05, 0) is 45.8 Å². The van der Waals surface area contributed by atoms with Gasteiger partial charge in [0.05, 0.1) is 16.7 Å². The van der Waals surface area contributed by atoms with Gasteiger partial charge in [0.15, 0.2) is 0 Å². The number of benzene rings is 1. The number of hydrogen-bond donors (Lipinski definition) is 0. The highest BCUT2D eigenvalue weighted by molar-refractivity contribution is 9.10. The fourth-order valence-electron chi connectivity index (χ4n) is 0.762. The normalized spacial score (nSPS) is 9.17. The first kappa shape index (κ1) is 9.87. The van der Waals surface area contributed by atoms with Gasteiger partial charge in [-0.15, -0.1) is 0 Å². The summed E-state index contributed by atoms with van der Waals surface area (Å²) in [5.74, 6) is 0. The van der Waals surface area contributed by atoms with Crippen LogP contribution in [0, 0.1) is 0 Å². The third-order valence-corrected chi connectivity index (χ3v) is 2.67. The third kappa shape index (κ3) is 2.68. The van der Waals surface area contributed by atoms with Crippen LogP contribution in [-0.2, 0) is 6.54 Å². The first-order valence-corrected chi connectivity index (χ1v) is 4.79. The summed E-state index contributed by atoms with van der Waals surface area (Å²) in [7, 11) is 0. The zero-order valence-electron chi connectivity index (χ0n) is 6.05. The highest BCUT2D eigenvalue weighted by Crippen LogP contribution is 2.23. The van der Waals surface area contributed by atoms with E-state index < -0.39 is 0 Å². The average Bonchev–Trinajstić information content (AvgIpc) is 2.07. The number of halogens is 2. The molecule has 0 spiro atoms. The van der Waals surface area contributed by atoms with Crippen LogP contribution in [0.5, 0.6) is 0 Å². The van der Waals surface area contributed by atoms with E-state index in [9.17, 15) is 0 Å². The maximum atomic E-state index is 5.86. The molecule has 0 fully saturated rings. The number of nitrogens with zero attached hydrogens (tertiary/aromatic N) is 1. The highest BCUT2D eigenvalue weighted by Gasteiger charge is 1.97. The van der Waals surface area contributed by atoms with Gasteiger partial charge in [-0.1, -0.05) is 17.7 Å². The largest absolute Gasteiger partial charge is 0.228 e. The van der Waals surface area contributed by atoms with Gasteiger partial charge in [0.1, 0.15) is 0 Å². The molecule has 12 heavy (non-hydrogen) atoms. The first-order chi connectivity index (χ1) is 5.74. The van der Waals surface area contributed by atoms with E-state index in [1.807, 2.05) is 18.2 Å². The Morgan fingerprint density at radius 1 is 1.58 bits per heavy atom. The fourth-order valence-corrected chi connectivity index (χ4v) is 1.28. The van der Waals surface area contributed by atoms with Crippen LogP contribution in [0.2, 0.25) is 5.02 Å². The summed E-state index contributed by atoms with van der Waals surface area (Å²) >= 11 is 13.6. The lowest BCUT2D eigenvalue weighted by Gasteiger charge is -1.98. The maximum Gasteiger partial charge on any atom is 0.0743 e. The summed E-state index contributed by atoms with van der Waals surface area (Å²) in [4.78, 5) is 3.80. The topological polar surface area (TPSA) is 12.4 Å². The number of thiocarbonyl (C=S) groups is 1. The van der Waals surface area contributed by atoms with Crippen LogP contribution in [-0.4, -0.2) is 5.16 Å². The average molecular weight is 263 g/mol. The second kappa shape index (κ2) is 4.73. The van der Waals surface area contributed by atoms with Gasteiger partial charge in [0.2, 0.25) is 0 Å². The molecular formula is C8H5BrClNS. The molecule has 62 valence electrons. The lowest BCUT2D eigenvalue weighted by atomic mass is 10.2. The van der Waals surface area contributed by atoms with Crippen LogP contribution in [0.1, 0.15) is 5.56 Å². The van der Waals surface area contributed by atoms with Crippen LogP contribution >= 0.6 is 39.7 Å². The lowest BCUT2D eigenvalue weighted by molar-refractivity contribution is 1.08. The number of isothiocyanates is 1. The molecule has 1 rings (SSSR count). The summed E-state index contributed by atoms with van der Waals surface area (Å²) in [5.41, 5.74) is 1.03. The van der Waals surface area contributed by atoms with Gasteiger partial charge in [-0.3, -0.25) is 0 Å². The first-order valence-electron chi connectivity index (χ1n) is 3.21. The second-order valence-corrected chi connectivity index (χ2v) is 3.60. The van der Waals surface area contributed by atoms with Crippen molar-refractivity contribution >= 4 is 44.9 Å². The van der Waals surface area contributed by atoms with E-state index >= 15 is 0 Å². The summed E-state index contributed by atoms with van der Waals surface area (Å²) in [6.45, 7) is 0.538. The van der Waals surface area contributed by atoms with Crippen molar-refractivity contribution in [3.05, 3.63) is 33.3 Å². The predicted octanol–water partition coefficient (Wildman–Crippen LogP) is 3.71. The Hall–Kier alpha value is -0.210. The molecule has 0 aliphatic heterocycles. The number of rotatable bonds is 2. The molecular weight excluding hydrogens is 258 g/mol. The summed E-state index contributed by atoms with van der Waals surface area (Å²) < 4.78 is 0.888. The van der Waals surface area contributed by atoms with E-state index in [1.165, 1.54) is 0 Å². The maximum absolute atomic E-state index is 5.86. The van der Waals surface area contributed by atoms with Crippen LogP contribution in [0.3, 0.4) is 0 Å². The van der Waals surface area contributed by atoms with Gasteiger partial charge < -0.3 is 0 Å². The molecule has 0 radical (unpaired) electrons. The minimum absolute atomic E-state index is 0.538. The zero-order chi connectivity index (χ0) is 8.97. The molecule has 0 aliphatic carbocycles. The van der Waals surface area contributed by atoms with E-state index in [4.69, 9.17) is 11.6 Å². The lowest BCUT2D eigenvalue weighted by Crippen LogP contribution is -1.80. The number of hydrogen-bond acceptors (Lipinski definition) is 2. The van der Waals surface area contributed by atoms with Gasteiger partial charge in [0, 0.05) is 4.47 Å². The van der Waals surface area contributed by atoms with Crippen molar-refractivity contribution in [3.63, 3.8) is 0 Å². The molecule has 0 bridgehead atoms. The molecule has 0 unspecified atom stereocenters. The molecule has 1 aromatic carbocycles. The standard InChI is InChI=1S/C8H5BrClNS/c9-7-2-1-6(3-8(7)10)4-11-5-12/h1-3H,4H2. The van der Waals surface area contributed by atoms with Gasteiger partial charge in [0.25, 0.3) is 0 Å². The summed E-state index contributed by atoms with van der Waals surface area (Å²) in [6, 6.07) is 5.67. The van der Waals surface area contributed by atoms with E-state index in [0.29, 0.717) is 11.6 Å². The van der Waals surface area contributed by atoms with Crippen molar-refractivity contribution in [3.8, 4) is 0 Å². The molecule has 4 heteroatoms. The smallest absolute Gasteiger partial charge is 0.0743 e. The number of aliphatic imine (C=N–C) groups is 1. The monoisotopic (exact) mass is 261 g/mol. The van der Waals surface area contributed by atoms with Crippen molar-refractivity contribution in [2.45, 2.75) is 6.54 Å². The van der Waals surface area contributed by atoms with E-state index in [1.54, 1.807) is 0 Å². The van der Waals surface area contributed by atoms with Gasteiger partial charge in [-0.2, -0.15) is 0 Å². The summed E-state index contributed by atoms with van der Waals surface area (Å²) in [5, 5.41) is 2.99. The molecule has 0 atom stereocenters. The molecule has 0 saturated carbocycles. The third-order valence-electron chi connectivity index (χ3n) is 1.31. The van der Waals surface area contributed by atoms with Crippen LogP contribution < -0.4 is 0 Å². The van der Waals surface area contributed by atoms with Gasteiger partial charge in [-0.25, -0.2) is 4.99 Å². The summed E-state index contributed by atoms with van der Waals surface area (Å²) in [6.07, 6.45) is 0. The molecule has 0 saturated heterocycles. The quantitative estimate of drug-likeness (QED) is 0.585. The highest BCUT2D eigenvalue weighted by atomic mass is 79.9. The SMILES string of the molecule is S=C=NCc1ccc(Br)c(Cl)c1. The Morgan fingerprint density at radius 3 is 2.92 bits per heavy atom. The van der Waals surface area contributed by atoms with Crippen molar-refractivity contribution < 1.29 is 0 Å². The molecule has 0 aromatic heterocycles. The minimum atomic E-state index is 0.538. The molecule has 1 aromatic rings. The van der Waals surface area contributed by atoms with E-state index in [-0.39, 0.29) is 0 Å². The fraction of sp³-hybridized carbons (Fsp3) is 0.125. The van der Waals surface area contributed by atoms with Gasteiger partial charge >= 0.3 is 0 Å².